The van der Waals surface area contributed by atoms with Gasteiger partial charge in [0.2, 0.25) is 11.8 Å². The van der Waals surface area contributed by atoms with Crippen LogP contribution in [-0.2, 0) is 9.59 Å². The van der Waals surface area contributed by atoms with Gasteiger partial charge < -0.3 is 10.6 Å². The molecule has 1 aromatic carbocycles. The molecule has 0 aliphatic rings. The predicted molar refractivity (Wildman–Crippen MR) is 85.9 cm³/mol. The minimum Gasteiger partial charge on any atom is -0.355 e. The number of benzene rings is 1. The zero-order valence-corrected chi connectivity index (χ0v) is 13.6. The van der Waals surface area contributed by atoms with Gasteiger partial charge in [-0.15, -0.1) is 0 Å². The zero-order chi connectivity index (χ0) is 15.8. The van der Waals surface area contributed by atoms with E-state index in [9.17, 15) is 9.59 Å². The zero-order valence-electron chi connectivity index (χ0n) is 12.1. The molecule has 0 atom stereocenters. The van der Waals surface area contributed by atoms with Crippen molar-refractivity contribution < 1.29 is 9.59 Å². The number of anilines is 1. The molecule has 0 saturated carbocycles. The Morgan fingerprint density at radius 2 is 1.67 bits per heavy atom. The minimum absolute atomic E-state index is 0.0991. The second kappa shape index (κ2) is 8.87. The molecule has 0 bridgehead atoms. The summed E-state index contributed by atoms with van der Waals surface area (Å²) in [7, 11) is 1.70. The first-order valence-electron chi connectivity index (χ1n) is 6.62. The Bertz CT molecular complexity index is 489. The number of hydrogen-bond acceptors (Lipinski definition) is 3. The molecule has 1 aromatic rings. The fraction of sp³-hybridized carbons (Fsp3) is 0.429. The lowest BCUT2D eigenvalue weighted by atomic mass is 10.3. The van der Waals surface area contributed by atoms with Crippen molar-refractivity contribution in [3.8, 4) is 0 Å². The third-order valence-electron chi connectivity index (χ3n) is 2.55. The van der Waals surface area contributed by atoms with Crippen LogP contribution in [0.3, 0.4) is 0 Å². The fourth-order valence-electron chi connectivity index (χ4n) is 1.69. The van der Waals surface area contributed by atoms with Gasteiger partial charge in [-0.3, -0.25) is 14.5 Å². The van der Waals surface area contributed by atoms with Gasteiger partial charge in [0.25, 0.3) is 0 Å². The maximum atomic E-state index is 11.9. The Labute approximate surface area is 134 Å². The number of carbonyl (C=O) groups is 2. The minimum atomic E-state index is -0.237. The summed E-state index contributed by atoms with van der Waals surface area (Å²) in [5, 5.41) is 6.34. The van der Waals surface area contributed by atoms with E-state index in [1.54, 1.807) is 30.1 Å². The van der Waals surface area contributed by atoms with Crippen LogP contribution in [0.25, 0.3) is 0 Å². The molecule has 0 aliphatic carbocycles. The fourth-order valence-corrected chi connectivity index (χ4v) is 2.22. The van der Waals surface area contributed by atoms with Crippen molar-refractivity contribution in [1.29, 1.82) is 0 Å². The lowest BCUT2D eigenvalue weighted by Crippen LogP contribution is -2.39. The number of amides is 2. The van der Waals surface area contributed by atoms with Crippen LogP contribution in [-0.4, -0.2) is 43.4 Å². The predicted octanol–water partition coefficient (Wildman–Crippen LogP) is 2.39. The first kappa shape index (κ1) is 17.8. The van der Waals surface area contributed by atoms with Gasteiger partial charge in [0.15, 0.2) is 0 Å². The highest BCUT2D eigenvalue weighted by Gasteiger charge is 2.11. The van der Waals surface area contributed by atoms with Crippen LogP contribution in [0.5, 0.6) is 0 Å². The molecule has 0 radical (unpaired) electrons. The summed E-state index contributed by atoms with van der Waals surface area (Å²) < 4.78 is 0. The quantitative estimate of drug-likeness (QED) is 0.806. The summed E-state index contributed by atoms with van der Waals surface area (Å²) in [6.07, 6.45) is 0.880. The highest BCUT2D eigenvalue weighted by molar-refractivity contribution is 6.35. The first-order chi connectivity index (χ1) is 9.90. The number of rotatable bonds is 7. The van der Waals surface area contributed by atoms with E-state index in [0.717, 1.165) is 6.42 Å². The number of nitrogens with one attached hydrogen (secondary N) is 2. The molecule has 2 amide bonds. The summed E-state index contributed by atoms with van der Waals surface area (Å²) in [6, 6.07) is 4.81. The summed E-state index contributed by atoms with van der Waals surface area (Å²) in [4.78, 5) is 25.0. The summed E-state index contributed by atoms with van der Waals surface area (Å²) in [6.45, 7) is 2.89. The van der Waals surface area contributed by atoms with E-state index >= 15 is 0 Å². The Morgan fingerprint density at radius 1 is 1.10 bits per heavy atom. The second-order valence-corrected chi connectivity index (χ2v) is 5.60. The van der Waals surface area contributed by atoms with Crippen LogP contribution in [0.15, 0.2) is 18.2 Å². The van der Waals surface area contributed by atoms with Crippen molar-refractivity contribution in [3.63, 3.8) is 0 Å². The summed E-state index contributed by atoms with van der Waals surface area (Å²) in [5.74, 6) is -0.336. The average molecular weight is 332 g/mol. The van der Waals surface area contributed by atoms with Gasteiger partial charge in [-0.1, -0.05) is 30.1 Å². The Balaban J connectivity index is 2.44. The maximum Gasteiger partial charge on any atom is 0.238 e. The van der Waals surface area contributed by atoms with Gasteiger partial charge in [0.1, 0.15) is 0 Å². The summed E-state index contributed by atoms with van der Waals surface area (Å²) >= 11 is 11.7. The van der Waals surface area contributed by atoms with Crippen LogP contribution in [0.4, 0.5) is 5.69 Å². The van der Waals surface area contributed by atoms with Gasteiger partial charge in [-0.25, -0.2) is 0 Å². The molecule has 0 aromatic heterocycles. The molecule has 0 aliphatic heterocycles. The van der Waals surface area contributed by atoms with E-state index in [4.69, 9.17) is 23.2 Å². The standard InChI is InChI=1S/C14H19Cl2N3O2/c1-3-4-17-13(20)8-19(2)9-14(21)18-12-6-10(15)5-11(16)7-12/h5-7H,3-4,8-9H2,1-2H3,(H,17,20)(H,18,21). The Kier molecular flexibility index (Phi) is 7.50. The Hall–Kier alpha value is -1.30. The van der Waals surface area contributed by atoms with Gasteiger partial charge in [0.05, 0.1) is 13.1 Å². The average Bonchev–Trinajstić information content (AvgIpc) is 2.34. The topological polar surface area (TPSA) is 61.4 Å². The third-order valence-corrected chi connectivity index (χ3v) is 2.98. The van der Waals surface area contributed by atoms with Crippen molar-refractivity contribution in [2.24, 2.45) is 0 Å². The Morgan fingerprint density at radius 3 is 2.24 bits per heavy atom. The van der Waals surface area contributed by atoms with Crippen LogP contribution in [0.1, 0.15) is 13.3 Å². The third kappa shape index (κ3) is 7.32. The SMILES string of the molecule is CCCNC(=O)CN(C)CC(=O)Nc1cc(Cl)cc(Cl)c1. The normalized spacial score (nSPS) is 10.5. The number of nitrogens with zero attached hydrogens (tertiary/aromatic N) is 1. The van der Waals surface area contributed by atoms with Crippen LogP contribution in [0.2, 0.25) is 10.0 Å². The van der Waals surface area contributed by atoms with Crippen LogP contribution < -0.4 is 10.6 Å². The largest absolute Gasteiger partial charge is 0.355 e. The second-order valence-electron chi connectivity index (χ2n) is 4.73. The molecule has 0 unspecified atom stereocenters. The molecular weight excluding hydrogens is 313 g/mol. The number of hydrogen-bond donors (Lipinski definition) is 2. The molecular formula is C14H19Cl2N3O2. The highest BCUT2D eigenvalue weighted by atomic mass is 35.5. The molecule has 0 spiro atoms. The van der Waals surface area contributed by atoms with E-state index in [2.05, 4.69) is 10.6 Å². The van der Waals surface area contributed by atoms with E-state index in [1.807, 2.05) is 6.92 Å². The van der Waals surface area contributed by atoms with Gasteiger partial charge >= 0.3 is 0 Å². The molecule has 116 valence electrons. The molecule has 0 fully saturated rings. The van der Waals surface area contributed by atoms with Gasteiger partial charge in [-0.2, -0.15) is 0 Å². The van der Waals surface area contributed by atoms with Crippen molar-refractivity contribution >= 4 is 40.7 Å². The molecule has 21 heavy (non-hydrogen) atoms. The molecule has 1 rings (SSSR count). The highest BCUT2D eigenvalue weighted by Crippen LogP contribution is 2.22. The van der Waals surface area contributed by atoms with E-state index in [1.165, 1.54) is 0 Å². The maximum absolute atomic E-state index is 11.9. The van der Waals surface area contributed by atoms with Crippen molar-refractivity contribution in [2.45, 2.75) is 13.3 Å². The molecule has 5 nitrogen and oxygen atoms in total. The molecule has 7 heteroatoms. The summed E-state index contributed by atoms with van der Waals surface area (Å²) in [5.41, 5.74) is 0.529. The molecule has 0 heterocycles. The lowest BCUT2D eigenvalue weighted by Gasteiger charge is -2.16. The van der Waals surface area contributed by atoms with E-state index in [0.29, 0.717) is 22.3 Å². The van der Waals surface area contributed by atoms with Crippen LogP contribution >= 0.6 is 23.2 Å². The van der Waals surface area contributed by atoms with Crippen molar-refractivity contribution in [3.05, 3.63) is 28.2 Å². The molecule has 0 saturated heterocycles. The lowest BCUT2D eigenvalue weighted by molar-refractivity contribution is -0.122. The number of halogens is 2. The molecule has 2 N–H and O–H groups in total. The van der Waals surface area contributed by atoms with E-state index < -0.39 is 0 Å². The van der Waals surface area contributed by atoms with Crippen molar-refractivity contribution in [2.75, 3.05) is 32.0 Å². The number of carbonyl (C=O) groups excluding carboxylic acids is 2. The van der Waals surface area contributed by atoms with Crippen molar-refractivity contribution in [1.82, 2.24) is 10.2 Å². The first-order valence-corrected chi connectivity index (χ1v) is 7.37. The monoisotopic (exact) mass is 331 g/mol. The van der Waals surface area contributed by atoms with Crippen LogP contribution in [0, 0.1) is 0 Å². The van der Waals surface area contributed by atoms with Gasteiger partial charge in [-0.05, 0) is 31.7 Å². The van der Waals surface area contributed by atoms with E-state index in [-0.39, 0.29) is 24.9 Å². The van der Waals surface area contributed by atoms with Gasteiger partial charge in [0, 0.05) is 22.3 Å². The smallest absolute Gasteiger partial charge is 0.238 e. The number of likely N-dealkylation sites (N-methyl/N-ethyl adjacent to an activating group) is 1.